The highest BCUT2D eigenvalue weighted by molar-refractivity contribution is 7.91. The van der Waals surface area contributed by atoms with Crippen molar-refractivity contribution in [1.29, 1.82) is 0 Å². The smallest absolute Gasteiger partial charge is 0.200 e. The van der Waals surface area contributed by atoms with Gasteiger partial charge in [-0.2, -0.15) is 0 Å². The average molecular weight is 229 g/mol. The lowest BCUT2D eigenvalue weighted by atomic mass is 10.1. The van der Waals surface area contributed by atoms with E-state index in [4.69, 9.17) is 0 Å². The Bertz CT molecular complexity index is 438. The third-order valence-electron chi connectivity index (χ3n) is 2.59. The van der Waals surface area contributed by atoms with E-state index in [1.54, 1.807) is 6.20 Å². The Morgan fingerprint density at radius 3 is 3.00 bits per heavy atom. The van der Waals surface area contributed by atoms with E-state index >= 15 is 0 Å². The lowest BCUT2D eigenvalue weighted by Crippen LogP contribution is -2.16. The molecule has 1 aromatic heterocycles. The maximum absolute atomic E-state index is 11.2. The number of nitrogens with zero attached hydrogens (tertiary/aromatic N) is 1. The lowest BCUT2D eigenvalue weighted by molar-refractivity contribution is 0.595. The Hall–Kier alpha value is -1.04. The number of aromatic nitrogens is 2. The van der Waals surface area contributed by atoms with Crippen molar-refractivity contribution in [2.45, 2.75) is 13.3 Å². The van der Waals surface area contributed by atoms with Crippen LogP contribution in [0.25, 0.3) is 0 Å². The van der Waals surface area contributed by atoms with Crippen LogP contribution in [0.5, 0.6) is 0 Å². The van der Waals surface area contributed by atoms with Gasteiger partial charge in [-0.3, -0.25) is 0 Å². The number of anilines is 1. The summed E-state index contributed by atoms with van der Waals surface area (Å²) in [5.74, 6) is 1.58. The van der Waals surface area contributed by atoms with Gasteiger partial charge >= 0.3 is 0 Å². The molecule has 1 unspecified atom stereocenters. The van der Waals surface area contributed by atoms with Crippen LogP contribution >= 0.6 is 0 Å². The van der Waals surface area contributed by atoms with Gasteiger partial charge in [0.2, 0.25) is 0 Å². The van der Waals surface area contributed by atoms with E-state index in [-0.39, 0.29) is 5.92 Å². The summed E-state index contributed by atoms with van der Waals surface area (Å²) in [6.45, 7) is 2.60. The van der Waals surface area contributed by atoms with Crippen molar-refractivity contribution in [3.05, 3.63) is 11.9 Å². The van der Waals surface area contributed by atoms with Crippen molar-refractivity contribution in [3.63, 3.8) is 0 Å². The van der Waals surface area contributed by atoms with E-state index in [1.807, 2.05) is 6.92 Å². The third kappa shape index (κ3) is 2.71. The van der Waals surface area contributed by atoms with Gasteiger partial charge in [0.25, 0.3) is 0 Å². The van der Waals surface area contributed by atoms with Crippen LogP contribution in [0, 0.1) is 12.8 Å². The van der Waals surface area contributed by atoms with Gasteiger partial charge in [-0.25, -0.2) is 13.4 Å². The monoisotopic (exact) mass is 229 g/mol. The maximum atomic E-state index is 11.2. The summed E-state index contributed by atoms with van der Waals surface area (Å²) < 4.78 is 22.4. The Morgan fingerprint density at radius 2 is 2.47 bits per heavy atom. The highest BCUT2D eigenvalue weighted by atomic mass is 32.2. The molecule has 5 nitrogen and oxygen atoms in total. The minimum absolute atomic E-state index is 0.223. The fourth-order valence-electron chi connectivity index (χ4n) is 1.78. The highest BCUT2D eigenvalue weighted by Crippen LogP contribution is 2.18. The first-order valence-electron chi connectivity index (χ1n) is 5.01. The predicted molar refractivity (Wildman–Crippen MR) is 58.6 cm³/mol. The molecule has 2 rings (SSSR count). The molecular weight excluding hydrogens is 214 g/mol. The first-order valence-corrected chi connectivity index (χ1v) is 6.83. The number of hydrogen-bond acceptors (Lipinski definition) is 4. The normalized spacial score (nSPS) is 24.2. The van der Waals surface area contributed by atoms with Gasteiger partial charge < -0.3 is 10.3 Å². The molecule has 0 bridgehead atoms. The predicted octanol–water partition coefficient (Wildman–Crippen LogP) is 0.565. The number of rotatable bonds is 3. The van der Waals surface area contributed by atoms with Gasteiger partial charge in [-0.1, -0.05) is 0 Å². The number of nitrogens with one attached hydrogen (secondary N) is 2. The summed E-state index contributed by atoms with van der Waals surface area (Å²) in [6, 6.07) is 0. The summed E-state index contributed by atoms with van der Waals surface area (Å²) in [4.78, 5) is 7.15. The Balaban J connectivity index is 1.85. The van der Waals surface area contributed by atoms with Crippen LogP contribution in [0.2, 0.25) is 0 Å². The summed E-state index contributed by atoms with van der Waals surface area (Å²) in [6.07, 6.45) is 2.50. The number of sulfone groups is 1. The molecule has 2 heterocycles. The molecule has 0 radical (unpaired) electrons. The maximum Gasteiger partial charge on any atom is 0.200 e. The molecule has 1 saturated heterocycles. The zero-order chi connectivity index (χ0) is 10.9. The van der Waals surface area contributed by atoms with E-state index < -0.39 is 9.84 Å². The zero-order valence-electron chi connectivity index (χ0n) is 8.66. The number of aryl methyl sites for hydroxylation is 1. The van der Waals surface area contributed by atoms with Crippen molar-refractivity contribution in [2.24, 2.45) is 5.92 Å². The molecule has 0 aromatic carbocycles. The van der Waals surface area contributed by atoms with Crippen LogP contribution in [0.1, 0.15) is 12.1 Å². The molecule has 1 aliphatic rings. The van der Waals surface area contributed by atoms with Gasteiger partial charge in [0.15, 0.2) is 15.8 Å². The largest absolute Gasteiger partial charge is 0.356 e. The second-order valence-electron chi connectivity index (χ2n) is 4.06. The summed E-state index contributed by atoms with van der Waals surface area (Å²) in [5, 5.41) is 3.11. The Morgan fingerprint density at radius 1 is 1.67 bits per heavy atom. The van der Waals surface area contributed by atoms with Crippen molar-refractivity contribution in [2.75, 3.05) is 23.4 Å². The quantitative estimate of drug-likeness (QED) is 0.794. The summed E-state index contributed by atoms with van der Waals surface area (Å²) >= 11 is 0. The molecule has 0 spiro atoms. The second kappa shape index (κ2) is 3.84. The molecule has 1 atom stereocenters. The van der Waals surface area contributed by atoms with E-state index in [9.17, 15) is 8.42 Å². The van der Waals surface area contributed by atoms with Crippen molar-refractivity contribution >= 4 is 15.8 Å². The Kier molecular flexibility index (Phi) is 2.68. The summed E-state index contributed by atoms with van der Waals surface area (Å²) in [7, 11) is -2.77. The fraction of sp³-hybridized carbons (Fsp3) is 0.667. The van der Waals surface area contributed by atoms with Gasteiger partial charge in [0.05, 0.1) is 11.5 Å². The van der Waals surface area contributed by atoms with E-state index in [2.05, 4.69) is 15.3 Å². The minimum Gasteiger partial charge on any atom is -0.356 e. The highest BCUT2D eigenvalue weighted by Gasteiger charge is 2.27. The molecular formula is C9H15N3O2S. The Labute approximate surface area is 89.2 Å². The van der Waals surface area contributed by atoms with Crippen molar-refractivity contribution in [3.8, 4) is 0 Å². The molecule has 1 aliphatic heterocycles. The molecule has 6 heteroatoms. The van der Waals surface area contributed by atoms with E-state index in [1.165, 1.54) is 0 Å². The number of H-pyrrole nitrogens is 1. The van der Waals surface area contributed by atoms with Crippen molar-refractivity contribution in [1.82, 2.24) is 9.97 Å². The third-order valence-corrected chi connectivity index (χ3v) is 4.42. The first-order chi connectivity index (χ1) is 7.05. The van der Waals surface area contributed by atoms with Crippen LogP contribution in [-0.2, 0) is 9.84 Å². The van der Waals surface area contributed by atoms with Crippen LogP contribution in [0.3, 0.4) is 0 Å². The molecule has 1 fully saturated rings. The van der Waals surface area contributed by atoms with Crippen LogP contribution < -0.4 is 5.32 Å². The number of imidazole rings is 1. The molecule has 2 N–H and O–H groups in total. The molecule has 0 saturated carbocycles. The van der Waals surface area contributed by atoms with E-state index in [0.717, 1.165) is 18.1 Å². The van der Waals surface area contributed by atoms with Crippen LogP contribution in [0.15, 0.2) is 6.20 Å². The standard InChI is InChI=1S/C9H15N3O2S/c1-7-4-10-9(12-7)11-5-8-2-3-15(13,14)6-8/h4,8H,2-3,5-6H2,1H3,(H2,10,11,12). The minimum atomic E-state index is -2.77. The molecule has 0 aliphatic carbocycles. The van der Waals surface area contributed by atoms with Crippen LogP contribution in [-0.4, -0.2) is 36.4 Å². The zero-order valence-corrected chi connectivity index (χ0v) is 9.47. The van der Waals surface area contributed by atoms with Gasteiger partial charge in [0, 0.05) is 18.4 Å². The molecule has 84 valence electrons. The molecule has 15 heavy (non-hydrogen) atoms. The average Bonchev–Trinajstić information content (AvgIpc) is 2.69. The lowest BCUT2D eigenvalue weighted by Gasteiger charge is -2.07. The van der Waals surface area contributed by atoms with Gasteiger partial charge in [-0.15, -0.1) is 0 Å². The molecule has 0 amide bonds. The molecule has 1 aromatic rings. The number of aromatic amines is 1. The van der Waals surface area contributed by atoms with E-state index in [0.29, 0.717) is 18.1 Å². The SMILES string of the molecule is Cc1cnc(NCC2CCS(=O)(=O)C2)[nH]1. The number of hydrogen-bond donors (Lipinski definition) is 2. The fourth-order valence-corrected chi connectivity index (χ4v) is 3.64. The van der Waals surface area contributed by atoms with Crippen LogP contribution in [0.4, 0.5) is 5.95 Å². The summed E-state index contributed by atoms with van der Waals surface area (Å²) in [5.41, 5.74) is 0.997. The van der Waals surface area contributed by atoms with Crippen molar-refractivity contribution < 1.29 is 8.42 Å². The van der Waals surface area contributed by atoms with Gasteiger partial charge in [-0.05, 0) is 19.3 Å². The second-order valence-corrected chi connectivity index (χ2v) is 6.29. The topological polar surface area (TPSA) is 74.8 Å². The first kappa shape index (κ1) is 10.5. The van der Waals surface area contributed by atoms with Gasteiger partial charge in [0.1, 0.15) is 0 Å².